The molecule has 21 heavy (non-hydrogen) atoms. The molecular weight excluding hydrogens is 262 g/mol. The summed E-state index contributed by atoms with van der Waals surface area (Å²) in [4.78, 5) is 12.0. The minimum Gasteiger partial charge on any atom is -0.385 e. The standard InChI is InChI=1S/C17H23N3O/c1-12(2)13-6-8-15(9-7-13)20-16(21)14(10-18)11-19-17(3,4)5/h6-9,11-12,19H,1-5H3,(H,20,21)/b14-11-. The minimum atomic E-state index is -0.411. The Hall–Kier alpha value is -2.28. The van der Waals surface area contributed by atoms with Gasteiger partial charge in [0, 0.05) is 17.4 Å². The van der Waals surface area contributed by atoms with E-state index in [1.807, 2.05) is 51.1 Å². The predicted octanol–water partition coefficient (Wildman–Crippen LogP) is 3.54. The molecule has 1 aromatic rings. The fraction of sp³-hybridized carbons (Fsp3) is 0.412. The molecule has 0 aliphatic rings. The van der Waals surface area contributed by atoms with E-state index >= 15 is 0 Å². The highest BCUT2D eigenvalue weighted by molar-refractivity contribution is 6.06. The van der Waals surface area contributed by atoms with Crippen molar-refractivity contribution in [2.24, 2.45) is 0 Å². The van der Waals surface area contributed by atoms with E-state index in [2.05, 4.69) is 24.5 Å². The van der Waals surface area contributed by atoms with Gasteiger partial charge in [-0.1, -0.05) is 26.0 Å². The van der Waals surface area contributed by atoms with Gasteiger partial charge in [-0.15, -0.1) is 0 Å². The van der Waals surface area contributed by atoms with Crippen molar-refractivity contribution >= 4 is 11.6 Å². The molecule has 0 radical (unpaired) electrons. The molecule has 4 heteroatoms. The van der Waals surface area contributed by atoms with Crippen molar-refractivity contribution in [3.63, 3.8) is 0 Å². The zero-order chi connectivity index (χ0) is 16.0. The molecule has 0 fully saturated rings. The quantitative estimate of drug-likeness (QED) is 0.657. The highest BCUT2D eigenvalue weighted by Gasteiger charge is 2.12. The number of rotatable bonds is 4. The number of anilines is 1. The number of nitriles is 1. The van der Waals surface area contributed by atoms with Crippen LogP contribution in [0.3, 0.4) is 0 Å². The summed E-state index contributed by atoms with van der Waals surface area (Å²) in [5.41, 5.74) is 1.75. The summed E-state index contributed by atoms with van der Waals surface area (Å²) in [6.45, 7) is 10.1. The van der Waals surface area contributed by atoms with E-state index in [-0.39, 0.29) is 11.1 Å². The van der Waals surface area contributed by atoms with Gasteiger partial charge in [0.25, 0.3) is 5.91 Å². The van der Waals surface area contributed by atoms with Crippen molar-refractivity contribution in [1.29, 1.82) is 5.26 Å². The highest BCUT2D eigenvalue weighted by Crippen LogP contribution is 2.17. The lowest BCUT2D eigenvalue weighted by Crippen LogP contribution is -2.32. The molecule has 1 amide bonds. The predicted molar refractivity (Wildman–Crippen MR) is 85.7 cm³/mol. The van der Waals surface area contributed by atoms with E-state index in [0.29, 0.717) is 11.6 Å². The first-order valence-electron chi connectivity index (χ1n) is 7.02. The molecule has 1 rings (SSSR count). The van der Waals surface area contributed by atoms with Crippen LogP contribution in [0.5, 0.6) is 0 Å². The Balaban J connectivity index is 2.77. The molecule has 0 saturated heterocycles. The Labute approximate surface area is 126 Å². The second-order valence-electron chi connectivity index (χ2n) is 6.29. The average molecular weight is 285 g/mol. The second kappa shape index (κ2) is 6.94. The van der Waals surface area contributed by atoms with Crippen molar-refractivity contribution < 1.29 is 4.79 Å². The number of hydrogen-bond acceptors (Lipinski definition) is 3. The number of nitrogens with one attached hydrogen (secondary N) is 2. The first kappa shape index (κ1) is 16.8. The van der Waals surface area contributed by atoms with Gasteiger partial charge in [-0.2, -0.15) is 5.26 Å². The number of carbonyl (C=O) groups is 1. The zero-order valence-corrected chi connectivity index (χ0v) is 13.3. The van der Waals surface area contributed by atoms with E-state index < -0.39 is 5.91 Å². The Kier molecular flexibility index (Phi) is 5.54. The van der Waals surface area contributed by atoms with Crippen LogP contribution in [0.4, 0.5) is 5.69 Å². The number of hydrogen-bond donors (Lipinski definition) is 2. The molecule has 2 N–H and O–H groups in total. The third-order valence-electron chi connectivity index (χ3n) is 2.85. The van der Waals surface area contributed by atoms with Gasteiger partial charge in [-0.3, -0.25) is 4.79 Å². The smallest absolute Gasteiger partial charge is 0.267 e. The molecular formula is C17H23N3O. The van der Waals surface area contributed by atoms with Crippen LogP contribution in [-0.2, 0) is 4.79 Å². The lowest BCUT2D eigenvalue weighted by molar-refractivity contribution is -0.112. The molecule has 0 spiro atoms. The van der Waals surface area contributed by atoms with Gasteiger partial charge in [0.2, 0.25) is 0 Å². The average Bonchev–Trinajstić information content (AvgIpc) is 2.38. The molecule has 0 heterocycles. The molecule has 0 atom stereocenters. The second-order valence-corrected chi connectivity index (χ2v) is 6.29. The minimum absolute atomic E-state index is 0.0536. The fourth-order valence-electron chi connectivity index (χ4n) is 1.59. The van der Waals surface area contributed by atoms with Gasteiger partial charge >= 0.3 is 0 Å². The van der Waals surface area contributed by atoms with Gasteiger partial charge < -0.3 is 10.6 Å². The molecule has 0 unspecified atom stereocenters. The normalized spacial score (nSPS) is 12.0. The van der Waals surface area contributed by atoms with Gasteiger partial charge in [-0.25, -0.2) is 0 Å². The first-order chi connectivity index (χ1) is 9.73. The molecule has 1 aromatic carbocycles. The maximum Gasteiger partial charge on any atom is 0.267 e. The third kappa shape index (κ3) is 5.70. The van der Waals surface area contributed by atoms with E-state index in [1.165, 1.54) is 11.8 Å². The summed E-state index contributed by atoms with van der Waals surface area (Å²) in [5, 5.41) is 14.8. The summed E-state index contributed by atoms with van der Waals surface area (Å²) in [6, 6.07) is 9.56. The van der Waals surface area contributed by atoms with Crippen molar-refractivity contribution in [1.82, 2.24) is 5.32 Å². The number of benzene rings is 1. The maximum atomic E-state index is 12.0. The van der Waals surface area contributed by atoms with Gasteiger partial charge in [-0.05, 0) is 44.4 Å². The Morgan fingerprint density at radius 1 is 1.24 bits per heavy atom. The fourth-order valence-corrected chi connectivity index (χ4v) is 1.59. The molecule has 4 nitrogen and oxygen atoms in total. The van der Waals surface area contributed by atoms with Crippen molar-refractivity contribution in [2.75, 3.05) is 5.32 Å². The van der Waals surface area contributed by atoms with Crippen molar-refractivity contribution in [2.45, 2.75) is 46.1 Å². The molecule has 0 aliphatic carbocycles. The van der Waals surface area contributed by atoms with E-state index in [0.717, 1.165) is 0 Å². The van der Waals surface area contributed by atoms with Gasteiger partial charge in [0.1, 0.15) is 11.6 Å². The Morgan fingerprint density at radius 3 is 2.24 bits per heavy atom. The summed E-state index contributed by atoms with van der Waals surface area (Å²) in [5.74, 6) is 0.0341. The van der Waals surface area contributed by atoms with Crippen LogP contribution in [0.2, 0.25) is 0 Å². The summed E-state index contributed by atoms with van der Waals surface area (Å²) >= 11 is 0. The highest BCUT2D eigenvalue weighted by atomic mass is 16.1. The summed E-state index contributed by atoms with van der Waals surface area (Å²) < 4.78 is 0. The molecule has 0 aromatic heterocycles. The van der Waals surface area contributed by atoms with E-state index in [4.69, 9.17) is 5.26 Å². The lowest BCUT2D eigenvalue weighted by atomic mass is 10.0. The largest absolute Gasteiger partial charge is 0.385 e. The Bertz CT molecular complexity index is 557. The maximum absolute atomic E-state index is 12.0. The third-order valence-corrected chi connectivity index (χ3v) is 2.85. The van der Waals surface area contributed by atoms with E-state index in [1.54, 1.807) is 0 Å². The number of amides is 1. The van der Waals surface area contributed by atoms with Gasteiger partial charge in [0.15, 0.2) is 0 Å². The SMILES string of the molecule is CC(C)c1ccc(NC(=O)/C(C#N)=C\NC(C)(C)C)cc1. The van der Waals surface area contributed by atoms with Crippen LogP contribution in [0.1, 0.15) is 46.1 Å². The Morgan fingerprint density at radius 2 is 1.81 bits per heavy atom. The molecule has 0 saturated carbocycles. The van der Waals surface area contributed by atoms with Crippen molar-refractivity contribution in [3.8, 4) is 6.07 Å². The van der Waals surface area contributed by atoms with Crippen LogP contribution >= 0.6 is 0 Å². The lowest BCUT2D eigenvalue weighted by Gasteiger charge is -2.18. The van der Waals surface area contributed by atoms with Crippen LogP contribution in [0.15, 0.2) is 36.0 Å². The topological polar surface area (TPSA) is 64.9 Å². The summed E-state index contributed by atoms with van der Waals surface area (Å²) in [7, 11) is 0. The van der Waals surface area contributed by atoms with Crippen LogP contribution < -0.4 is 10.6 Å². The number of carbonyl (C=O) groups excluding carboxylic acids is 1. The first-order valence-corrected chi connectivity index (χ1v) is 7.02. The van der Waals surface area contributed by atoms with Gasteiger partial charge in [0.05, 0.1) is 0 Å². The van der Waals surface area contributed by atoms with E-state index in [9.17, 15) is 4.79 Å². The molecule has 0 bridgehead atoms. The van der Waals surface area contributed by atoms with Crippen LogP contribution in [0.25, 0.3) is 0 Å². The molecule has 112 valence electrons. The van der Waals surface area contributed by atoms with Crippen LogP contribution in [-0.4, -0.2) is 11.4 Å². The van der Waals surface area contributed by atoms with Crippen molar-refractivity contribution in [3.05, 3.63) is 41.6 Å². The zero-order valence-electron chi connectivity index (χ0n) is 13.3. The van der Waals surface area contributed by atoms with Crippen LogP contribution in [0, 0.1) is 11.3 Å². The molecule has 0 aliphatic heterocycles. The summed E-state index contributed by atoms with van der Waals surface area (Å²) in [6.07, 6.45) is 1.46. The monoisotopic (exact) mass is 285 g/mol. The number of nitrogens with zero attached hydrogens (tertiary/aromatic N) is 1.